The van der Waals surface area contributed by atoms with Gasteiger partial charge < -0.3 is 5.11 Å². The minimum absolute atomic E-state index is 0.124. The third-order valence-corrected chi connectivity index (χ3v) is 3.08. The van der Waals surface area contributed by atoms with Crippen molar-refractivity contribution in [1.82, 2.24) is 0 Å². The molecule has 0 spiro atoms. The highest BCUT2D eigenvalue weighted by Gasteiger charge is 2.35. The average Bonchev–Trinajstić information content (AvgIpc) is 2.12. The Morgan fingerprint density at radius 1 is 1.33 bits per heavy atom. The van der Waals surface area contributed by atoms with Crippen LogP contribution in [0.15, 0.2) is 12.2 Å². The smallest absolute Gasteiger partial charge is 0.158 e. The molecular formula is C10H14O2. The molecular weight excluding hydrogens is 152 g/mol. The second-order valence-corrected chi connectivity index (χ2v) is 3.81. The standard InChI is InChI=1S/C10H14O2/c11-9-5-6-10(12)8-4-2-1-3-7(8)9/h5-9,11H,1-4H2/t7-,8+,9-/m1/s1. The van der Waals surface area contributed by atoms with E-state index in [9.17, 15) is 9.90 Å². The van der Waals surface area contributed by atoms with E-state index in [1.165, 1.54) is 6.42 Å². The molecule has 2 heteroatoms. The Hall–Kier alpha value is -0.630. The fourth-order valence-electron chi connectivity index (χ4n) is 2.38. The number of rotatable bonds is 0. The molecule has 0 aromatic carbocycles. The number of hydrogen-bond donors (Lipinski definition) is 1. The number of aliphatic hydroxyl groups is 1. The van der Waals surface area contributed by atoms with Gasteiger partial charge >= 0.3 is 0 Å². The molecule has 0 aromatic heterocycles. The number of hydrogen-bond acceptors (Lipinski definition) is 2. The molecule has 2 aliphatic rings. The molecule has 1 fully saturated rings. The lowest BCUT2D eigenvalue weighted by Crippen LogP contribution is -2.36. The predicted molar refractivity (Wildman–Crippen MR) is 45.6 cm³/mol. The molecule has 12 heavy (non-hydrogen) atoms. The third-order valence-electron chi connectivity index (χ3n) is 3.08. The van der Waals surface area contributed by atoms with Crippen LogP contribution in [0.4, 0.5) is 0 Å². The van der Waals surface area contributed by atoms with Gasteiger partial charge in [-0.1, -0.05) is 18.9 Å². The number of carbonyl (C=O) groups is 1. The maximum atomic E-state index is 11.4. The Bertz CT molecular complexity index is 220. The molecule has 3 atom stereocenters. The second kappa shape index (κ2) is 3.02. The van der Waals surface area contributed by atoms with Gasteiger partial charge in [0.05, 0.1) is 6.10 Å². The van der Waals surface area contributed by atoms with Gasteiger partial charge in [0.2, 0.25) is 0 Å². The SMILES string of the molecule is O=C1C=C[C@@H](O)[C@@H]2CCCC[C@H]12. The molecule has 2 aliphatic carbocycles. The van der Waals surface area contributed by atoms with Crippen LogP contribution in [0.2, 0.25) is 0 Å². The van der Waals surface area contributed by atoms with E-state index in [0.717, 1.165) is 19.3 Å². The predicted octanol–water partition coefficient (Wildman–Crippen LogP) is 1.29. The molecule has 2 nitrogen and oxygen atoms in total. The molecule has 66 valence electrons. The molecule has 0 radical (unpaired) electrons. The first-order chi connectivity index (χ1) is 5.79. The van der Waals surface area contributed by atoms with Gasteiger partial charge in [-0.15, -0.1) is 0 Å². The molecule has 0 bridgehead atoms. The Morgan fingerprint density at radius 2 is 2.08 bits per heavy atom. The molecule has 0 amide bonds. The number of carbonyl (C=O) groups excluding carboxylic acids is 1. The van der Waals surface area contributed by atoms with Crippen LogP contribution < -0.4 is 0 Å². The van der Waals surface area contributed by atoms with Crippen LogP contribution in [0.5, 0.6) is 0 Å². The van der Waals surface area contributed by atoms with E-state index in [1.54, 1.807) is 12.2 Å². The lowest BCUT2D eigenvalue weighted by molar-refractivity contribution is -0.123. The van der Waals surface area contributed by atoms with Crippen LogP contribution in [-0.2, 0) is 4.79 Å². The molecule has 1 N–H and O–H groups in total. The van der Waals surface area contributed by atoms with Gasteiger partial charge in [-0.3, -0.25) is 4.79 Å². The van der Waals surface area contributed by atoms with Gasteiger partial charge in [-0.25, -0.2) is 0 Å². The summed E-state index contributed by atoms with van der Waals surface area (Å²) in [7, 11) is 0. The zero-order chi connectivity index (χ0) is 8.55. The highest BCUT2D eigenvalue weighted by molar-refractivity contribution is 5.93. The van der Waals surface area contributed by atoms with E-state index < -0.39 is 0 Å². The molecule has 0 aliphatic heterocycles. The van der Waals surface area contributed by atoms with Gasteiger partial charge in [0, 0.05) is 5.92 Å². The Morgan fingerprint density at radius 3 is 2.83 bits per heavy atom. The second-order valence-electron chi connectivity index (χ2n) is 3.81. The van der Waals surface area contributed by atoms with Crippen molar-refractivity contribution in [1.29, 1.82) is 0 Å². The van der Waals surface area contributed by atoms with Gasteiger partial charge in [0.15, 0.2) is 5.78 Å². The maximum Gasteiger partial charge on any atom is 0.158 e. The summed E-state index contributed by atoms with van der Waals surface area (Å²) in [5, 5.41) is 9.58. The largest absolute Gasteiger partial charge is 0.389 e. The van der Waals surface area contributed by atoms with Crippen LogP contribution in [0, 0.1) is 11.8 Å². The normalized spacial score (nSPS) is 41.1. The van der Waals surface area contributed by atoms with Gasteiger partial charge in [0.25, 0.3) is 0 Å². The summed E-state index contributed by atoms with van der Waals surface area (Å²) in [6.45, 7) is 0. The topological polar surface area (TPSA) is 37.3 Å². The summed E-state index contributed by atoms with van der Waals surface area (Å²) in [5.74, 6) is 0.569. The van der Waals surface area contributed by atoms with E-state index in [0.29, 0.717) is 0 Å². The summed E-state index contributed by atoms with van der Waals surface area (Å²) in [6, 6.07) is 0. The van der Waals surface area contributed by atoms with Crippen LogP contribution in [-0.4, -0.2) is 17.0 Å². The zero-order valence-corrected chi connectivity index (χ0v) is 7.07. The van der Waals surface area contributed by atoms with Crippen molar-refractivity contribution < 1.29 is 9.90 Å². The highest BCUT2D eigenvalue weighted by Crippen LogP contribution is 2.35. The minimum atomic E-state index is -0.368. The summed E-state index contributed by atoms with van der Waals surface area (Å²) in [4.78, 5) is 11.4. The number of allylic oxidation sites excluding steroid dienone is 1. The number of ketones is 1. The fourth-order valence-corrected chi connectivity index (χ4v) is 2.38. The van der Waals surface area contributed by atoms with Crippen molar-refractivity contribution in [3.63, 3.8) is 0 Å². The summed E-state index contributed by atoms with van der Waals surface area (Å²) >= 11 is 0. The Kier molecular flexibility index (Phi) is 2.01. The van der Waals surface area contributed by atoms with Crippen LogP contribution in [0.1, 0.15) is 25.7 Å². The Balaban J connectivity index is 2.20. The monoisotopic (exact) mass is 166 g/mol. The van der Waals surface area contributed by atoms with Crippen molar-refractivity contribution in [2.45, 2.75) is 31.8 Å². The number of fused-ring (bicyclic) bond motifs is 1. The van der Waals surface area contributed by atoms with Crippen molar-refractivity contribution >= 4 is 5.78 Å². The first-order valence-corrected chi connectivity index (χ1v) is 4.69. The van der Waals surface area contributed by atoms with E-state index >= 15 is 0 Å². The summed E-state index contributed by atoms with van der Waals surface area (Å²) in [5.41, 5.74) is 0. The van der Waals surface area contributed by atoms with Gasteiger partial charge in [0.1, 0.15) is 0 Å². The molecule has 0 saturated heterocycles. The lowest BCUT2D eigenvalue weighted by atomic mass is 9.71. The summed E-state index contributed by atoms with van der Waals surface area (Å²) in [6.07, 6.45) is 7.14. The summed E-state index contributed by atoms with van der Waals surface area (Å²) < 4.78 is 0. The Labute approximate surface area is 72.3 Å². The van der Waals surface area contributed by atoms with Crippen molar-refractivity contribution in [2.24, 2.45) is 11.8 Å². The van der Waals surface area contributed by atoms with Crippen LogP contribution in [0.3, 0.4) is 0 Å². The minimum Gasteiger partial charge on any atom is -0.389 e. The molecule has 1 saturated carbocycles. The fraction of sp³-hybridized carbons (Fsp3) is 0.700. The quantitative estimate of drug-likeness (QED) is 0.588. The molecule has 0 heterocycles. The number of aliphatic hydroxyl groups excluding tert-OH is 1. The van der Waals surface area contributed by atoms with E-state index in [4.69, 9.17) is 0 Å². The maximum absolute atomic E-state index is 11.4. The molecule has 2 rings (SSSR count). The first kappa shape index (κ1) is 7.99. The zero-order valence-electron chi connectivity index (χ0n) is 7.07. The van der Waals surface area contributed by atoms with Gasteiger partial charge in [-0.05, 0) is 24.8 Å². The molecule has 0 aromatic rings. The van der Waals surface area contributed by atoms with E-state index in [-0.39, 0.29) is 23.7 Å². The van der Waals surface area contributed by atoms with Crippen LogP contribution >= 0.6 is 0 Å². The van der Waals surface area contributed by atoms with E-state index in [1.807, 2.05) is 0 Å². The van der Waals surface area contributed by atoms with E-state index in [2.05, 4.69) is 0 Å². The average molecular weight is 166 g/mol. The van der Waals surface area contributed by atoms with Crippen LogP contribution in [0.25, 0.3) is 0 Å². The molecule has 0 unspecified atom stereocenters. The first-order valence-electron chi connectivity index (χ1n) is 4.69. The highest BCUT2D eigenvalue weighted by atomic mass is 16.3. The van der Waals surface area contributed by atoms with Gasteiger partial charge in [-0.2, -0.15) is 0 Å². The van der Waals surface area contributed by atoms with Crippen molar-refractivity contribution in [3.05, 3.63) is 12.2 Å². The van der Waals surface area contributed by atoms with Crippen molar-refractivity contribution in [2.75, 3.05) is 0 Å². The third kappa shape index (κ3) is 1.20. The lowest BCUT2D eigenvalue weighted by Gasteiger charge is -2.34. The van der Waals surface area contributed by atoms with Crippen molar-refractivity contribution in [3.8, 4) is 0 Å².